The second-order valence-electron chi connectivity index (χ2n) is 17.0. The van der Waals surface area contributed by atoms with Crippen molar-refractivity contribution < 1.29 is 43.2 Å². The van der Waals surface area contributed by atoms with Crippen molar-refractivity contribution in [3.63, 3.8) is 0 Å². The molecule has 336 valence electrons. The molecule has 0 bridgehead atoms. The highest BCUT2D eigenvalue weighted by molar-refractivity contribution is 7.99. The number of rotatable bonds is 22. The molecule has 1 heterocycles. The van der Waals surface area contributed by atoms with E-state index in [0.29, 0.717) is 42.2 Å². The first-order valence-electron chi connectivity index (χ1n) is 21.8. The smallest absolute Gasteiger partial charge is 0.410 e. The molecule has 1 amide bonds. The number of oxime groups is 1. The topological polar surface area (TPSA) is 119 Å². The van der Waals surface area contributed by atoms with Crippen LogP contribution in [0.3, 0.4) is 0 Å². The highest BCUT2D eigenvalue weighted by Crippen LogP contribution is 2.62. The normalized spacial score (nSPS) is 23.4. The quantitative estimate of drug-likeness (QED) is 0.0334. The Morgan fingerprint density at radius 3 is 2.47 bits per heavy atom. The maximum Gasteiger partial charge on any atom is 0.410 e. The Bertz CT molecular complexity index is 1980. The Hall–Kier alpha value is -4.07. The minimum atomic E-state index is -1.50. The summed E-state index contributed by atoms with van der Waals surface area (Å²) in [6.07, 6.45) is 8.04. The van der Waals surface area contributed by atoms with Crippen molar-refractivity contribution in [1.82, 2.24) is 4.90 Å². The van der Waals surface area contributed by atoms with Crippen LogP contribution in [0, 0.1) is 23.6 Å². The molecular formula is C49H62ClFN2O8S. The number of fused-ring (bicyclic) bond motifs is 2. The third kappa shape index (κ3) is 11.7. The van der Waals surface area contributed by atoms with Crippen LogP contribution in [0.1, 0.15) is 82.8 Å². The van der Waals surface area contributed by atoms with Gasteiger partial charge in [0.15, 0.2) is 0 Å². The van der Waals surface area contributed by atoms with Gasteiger partial charge >= 0.3 is 6.09 Å². The number of carbonyl (C=O) groups is 1. The number of aliphatic hydroxyl groups is 2. The zero-order valence-electron chi connectivity index (χ0n) is 36.2. The lowest BCUT2D eigenvalue weighted by Crippen LogP contribution is -2.70. The van der Waals surface area contributed by atoms with Gasteiger partial charge in [-0.05, 0) is 112 Å². The number of benzene rings is 3. The largest absolute Gasteiger partial charge is 0.493 e. The summed E-state index contributed by atoms with van der Waals surface area (Å²) in [6.45, 7) is 10.6. The lowest BCUT2D eigenvalue weighted by Gasteiger charge is -2.60. The molecule has 1 fully saturated rings. The van der Waals surface area contributed by atoms with E-state index in [1.807, 2.05) is 51.1 Å². The molecule has 3 aromatic rings. The predicted molar refractivity (Wildman–Crippen MR) is 242 cm³/mol. The molecule has 0 radical (unpaired) electrons. The molecule has 3 aliphatic rings. The van der Waals surface area contributed by atoms with E-state index in [2.05, 4.69) is 30.9 Å². The summed E-state index contributed by atoms with van der Waals surface area (Å²) >= 11 is 7.80. The highest BCUT2D eigenvalue weighted by atomic mass is 35.5. The number of thioether (sulfide) groups is 1. The number of ether oxygens (including phenoxy) is 4. The third-order valence-corrected chi connectivity index (χ3v) is 12.7. The molecule has 0 saturated heterocycles. The minimum Gasteiger partial charge on any atom is -0.493 e. The van der Waals surface area contributed by atoms with Gasteiger partial charge in [0.1, 0.15) is 35.6 Å². The predicted octanol–water partition coefficient (Wildman–Crippen LogP) is 10.3. The molecule has 1 aliphatic heterocycles. The second-order valence-corrected chi connectivity index (χ2v) is 18.6. The van der Waals surface area contributed by atoms with E-state index in [1.54, 1.807) is 34.9 Å². The molecule has 2 N–H and O–H groups in total. The summed E-state index contributed by atoms with van der Waals surface area (Å²) in [5, 5.41) is 24.8. The van der Waals surface area contributed by atoms with Gasteiger partial charge in [-0.25, -0.2) is 9.18 Å². The summed E-state index contributed by atoms with van der Waals surface area (Å²) in [5.41, 5.74) is 2.57. The van der Waals surface area contributed by atoms with E-state index in [1.165, 1.54) is 17.0 Å². The van der Waals surface area contributed by atoms with E-state index in [4.69, 9.17) is 40.5 Å². The van der Waals surface area contributed by atoms with Crippen molar-refractivity contribution in [1.29, 1.82) is 0 Å². The van der Waals surface area contributed by atoms with Crippen LogP contribution in [0.15, 0.2) is 107 Å². The van der Waals surface area contributed by atoms with Gasteiger partial charge in [0.25, 0.3) is 0 Å². The molecule has 0 spiro atoms. The van der Waals surface area contributed by atoms with E-state index < -0.39 is 35.3 Å². The summed E-state index contributed by atoms with van der Waals surface area (Å²) in [5.74, 6) is -0.399. The number of nitrogens with zero attached hydrogens (tertiary/aromatic N) is 2. The number of unbranched alkanes of at least 4 members (excludes halogenated alkanes) is 2. The van der Waals surface area contributed by atoms with Crippen molar-refractivity contribution in [3.8, 4) is 11.5 Å². The third-order valence-electron chi connectivity index (χ3n) is 11.6. The van der Waals surface area contributed by atoms with E-state index in [9.17, 15) is 19.4 Å². The van der Waals surface area contributed by atoms with Crippen LogP contribution in [0.25, 0.3) is 0 Å². The Labute approximate surface area is 375 Å². The van der Waals surface area contributed by atoms with Crippen LogP contribution < -0.4 is 9.47 Å². The van der Waals surface area contributed by atoms with Gasteiger partial charge in [-0.2, -0.15) is 0 Å². The first kappa shape index (κ1) is 47.4. The fraction of sp³-hybridized carbons (Fsp3) is 0.510. The van der Waals surface area contributed by atoms with E-state index in [-0.39, 0.29) is 63.0 Å². The monoisotopic (exact) mass is 892 g/mol. The number of amides is 1. The summed E-state index contributed by atoms with van der Waals surface area (Å²) < 4.78 is 40.9. The van der Waals surface area contributed by atoms with Crippen molar-refractivity contribution in [2.45, 2.75) is 101 Å². The van der Waals surface area contributed by atoms with Crippen molar-refractivity contribution >= 4 is 35.2 Å². The summed E-state index contributed by atoms with van der Waals surface area (Å²) in [6, 6.07) is 21.4. The number of allylic oxidation sites excluding steroid dienone is 1. The molecule has 62 heavy (non-hydrogen) atoms. The van der Waals surface area contributed by atoms with Gasteiger partial charge in [0, 0.05) is 48.3 Å². The first-order valence-corrected chi connectivity index (χ1v) is 23.3. The summed E-state index contributed by atoms with van der Waals surface area (Å²) in [7, 11) is 0. The number of carbonyl (C=O) groups excluding carboxylic acids is 1. The van der Waals surface area contributed by atoms with Crippen LogP contribution >= 0.6 is 23.4 Å². The fourth-order valence-corrected chi connectivity index (χ4v) is 9.89. The zero-order chi connectivity index (χ0) is 44.1. The molecule has 2 aliphatic carbocycles. The molecule has 6 unspecified atom stereocenters. The molecule has 6 atom stereocenters. The number of aliphatic hydroxyl groups excluding tert-OH is 2. The lowest BCUT2D eigenvalue weighted by molar-refractivity contribution is -0.256. The molecule has 0 aromatic heterocycles. The Balaban J connectivity index is 1.55. The fourth-order valence-electron chi connectivity index (χ4n) is 9.06. The molecule has 3 aromatic carbocycles. The Morgan fingerprint density at radius 2 is 1.77 bits per heavy atom. The van der Waals surface area contributed by atoms with Crippen LogP contribution in [-0.4, -0.2) is 89.0 Å². The van der Waals surface area contributed by atoms with Gasteiger partial charge in [-0.15, -0.1) is 29.9 Å². The first-order chi connectivity index (χ1) is 30.0. The van der Waals surface area contributed by atoms with Crippen LogP contribution in [0.4, 0.5) is 9.18 Å². The Kier molecular flexibility index (Phi) is 17.2. The maximum absolute atomic E-state index is 14.5. The molecule has 6 rings (SSSR count). The maximum atomic E-state index is 14.5. The molecular weight excluding hydrogens is 831 g/mol. The Morgan fingerprint density at radius 1 is 1.03 bits per heavy atom. The molecule has 1 saturated carbocycles. The van der Waals surface area contributed by atoms with Gasteiger partial charge in [-0.1, -0.05) is 60.5 Å². The number of halogens is 2. The average molecular weight is 894 g/mol. The summed E-state index contributed by atoms with van der Waals surface area (Å²) in [4.78, 5) is 23.5. The van der Waals surface area contributed by atoms with E-state index in [0.717, 1.165) is 42.6 Å². The van der Waals surface area contributed by atoms with Gasteiger partial charge in [0.05, 0.1) is 30.7 Å². The minimum absolute atomic E-state index is 0.0302. The van der Waals surface area contributed by atoms with Crippen LogP contribution in [-0.2, 0) is 20.9 Å². The lowest BCUT2D eigenvalue weighted by atomic mass is 9.55. The molecule has 10 nitrogen and oxygen atoms in total. The van der Waals surface area contributed by atoms with Crippen molar-refractivity contribution in [2.24, 2.45) is 22.9 Å². The number of hydrogen-bond donors (Lipinski definition) is 2. The van der Waals surface area contributed by atoms with Gasteiger partial charge < -0.3 is 34.0 Å². The van der Waals surface area contributed by atoms with Crippen LogP contribution in [0.5, 0.6) is 11.5 Å². The highest BCUT2D eigenvalue weighted by Gasteiger charge is 2.65. The molecule has 13 heteroatoms. The van der Waals surface area contributed by atoms with Crippen molar-refractivity contribution in [3.05, 3.63) is 114 Å². The number of alkyl halides is 1. The standard InChI is InChI=1S/C49H62ClFN2O8S/c1-5-26-59-49-44(53(47(56)58-27-23-50)33-34-17-19-36(51)20-18-34)32-42(52-61-48(2,3)4)40-30-35(13-9-11-24-54)39(16-10-12-25-55)45(46(40)49)41-31-37(21-22-43(41)60-49)57-28-29-62-38-14-7-6-8-15-38/h5-8,14-15,17-22,30-31,35,39,44-46,54-55H,1,9-13,16,23-29,32-33H2,2-4H3. The van der Waals surface area contributed by atoms with Gasteiger partial charge in [0.2, 0.25) is 5.79 Å². The second kappa shape index (κ2) is 22.5. The zero-order valence-corrected chi connectivity index (χ0v) is 37.8. The van der Waals surface area contributed by atoms with Crippen molar-refractivity contribution in [2.75, 3.05) is 44.7 Å². The van der Waals surface area contributed by atoms with E-state index >= 15 is 0 Å². The van der Waals surface area contributed by atoms with Crippen LogP contribution in [0.2, 0.25) is 0 Å². The number of hydrogen-bond acceptors (Lipinski definition) is 10. The SMILES string of the molecule is C=CCOC12Oc3ccc(OCCSc4ccccc4)cc3C3C(CCCCO)C(CCCCO)C=C(C(=NOC(C)(C)C)CC1N(Cc1ccc(F)cc1)C(=O)OCCCl)C32. The average Bonchev–Trinajstić information content (AvgIpc) is 3.26. The van der Waals surface area contributed by atoms with Gasteiger partial charge in [-0.3, -0.25) is 4.90 Å².